The molecule has 2 N–H and O–H groups in total. The van der Waals surface area contributed by atoms with E-state index in [0.717, 1.165) is 12.3 Å². The fourth-order valence-electron chi connectivity index (χ4n) is 2.15. The van der Waals surface area contributed by atoms with Gasteiger partial charge in [0, 0.05) is 23.1 Å². The molecule has 0 radical (unpaired) electrons. The molecule has 0 saturated carbocycles. The van der Waals surface area contributed by atoms with Crippen molar-refractivity contribution in [3.05, 3.63) is 15.6 Å². The number of hydrogen-bond acceptors (Lipinski definition) is 4. The van der Waals surface area contributed by atoms with Crippen LogP contribution in [0, 0.1) is 0 Å². The van der Waals surface area contributed by atoms with Crippen LogP contribution in [0.1, 0.15) is 47.7 Å². The van der Waals surface area contributed by atoms with Gasteiger partial charge in [-0.3, -0.25) is 0 Å². The van der Waals surface area contributed by atoms with Crippen LogP contribution in [0.2, 0.25) is 0 Å². The van der Waals surface area contributed by atoms with Gasteiger partial charge < -0.3 is 5.73 Å². The number of hydrogen-bond donors (Lipinski definition) is 1. The van der Waals surface area contributed by atoms with E-state index in [4.69, 9.17) is 10.7 Å². The highest BCUT2D eigenvalue weighted by Crippen LogP contribution is 2.35. The van der Waals surface area contributed by atoms with Crippen molar-refractivity contribution in [1.82, 2.24) is 4.98 Å². The lowest BCUT2D eigenvalue weighted by atomic mass is 9.91. The molecule has 2 rings (SSSR count). The number of thioether (sulfide) groups is 1. The molecule has 0 aromatic carbocycles. The van der Waals surface area contributed by atoms with Gasteiger partial charge in [-0.15, -0.1) is 11.3 Å². The fourth-order valence-corrected chi connectivity index (χ4v) is 4.30. The number of aryl methyl sites for hydroxylation is 1. The van der Waals surface area contributed by atoms with Crippen LogP contribution in [-0.2, 0) is 12.2 Å². The fraction of sp³-hybridized carbons (Fsp3) is 0.750. The van der Waals surface area contributed by atoms with Gasteiger partial charge in [0.25, 0.3) is 0 Å². The van der Waals surface area contributed by atoms with Gasteiger partial charge >= 0.3 is 0 Å². The van der Waals surface area contributed by atoms with Crippen LogP contribution in [0.25, 0.3) is 0 Å². The molecule has 0 bridgehead atoms. The Morgan fingerprint density at radius 1 is 1.56 bits per heavy atom. The first-order valence-electron chi connectivity index (χ1n) is 6.11. The average molecular weight is 256 g/mol. The third-order valence-electron chi connectivity index (χ3n) is 2.97. The minimum absolute atomic E-state index is 0.532. The number of thiazole rings is 1. The first-order valence-corrected chi connectivity index (χ1v) is 8.08. The summed E-state index contributed by atoms with van der Waals surface area (Å²) in [6.45, 7) is 2.99. The first-order chi connectivity index (χ1) is 7.85. The topological polar surface area (TPSA) is 38.9 Å². The highest BCUT2D eigenvalue weighted by Gasteiger charge is 2.23. The lowest BCUT2D eigenvalue weighted by molar-refractivity contribution is 0.553. The molecule has 4 heteroatoms. The van der Waals surface area contributed by atoms with E-state index in [-0.39, 0.29) is 0 Å². The molecule has 1 unspecified atom stereocenters. The van der Waals surface area contributed by atoms with Crippen LogP contribution in [0.3, 0.4) is 0 Å². The van der Waals surface area contributed by atoms with Crippen molar-refractivity contribution in [2.75, 3.05) is 12.3 Å². The van der Waals surface area contributed by atoms with Crippen LogP contribution in [0.15, 0.2) is 0 Å². The molecule has 90 valence electrons. The van der Waals surface area contributed by atoms with Crippen molar-refractivity contribution < 1.29 is 0 Å². The van der Waals surface area contributed by atoms with E-state index in [2.05, 4.69) is 6.92 Å². The largest absolute Gasteiger partial charge is 0.330 e. The van der Waals surface area contributed by atoms with E-state index in [1.807, 2.05) is 23.1 Å². The summed E-state index contributed by atoms with van der Waals surface area (Å²) in [5.41, 5.74) is 7.13. The molecule has 0 aliphatic heterocycles. The van der Waals surface area contributed by atoms with Crippen LogP contribution in [0.4, 0.5) is 0 Å². The molecule has 2 nitrogen and oxygen atoms in total. The predicted molar refractivity (Wildman–Crippen MR) is 73.3 cm³/mol. The Morgan fingerprint density at radius 3 is 3.19 bits per heavy atom. The number of fused-ring (bicyclic) bond motifs is 1. The van der Waals surface area contributed by atoms with Crippen molar-refractivity contribution >= 4 is 23.1 Å². The Balaban J connectivity index is 2.03. The van der Waals surface area contributed by atoms with E-state index < -0.39 is 0 Å². The van der Waals surface area contributed by atoms with Crippen molar-refractivity contribution in [3.8, 4) is 0 Å². The van der Waals surface area contributed by atoms with Crippen LogP contribution in [0.5, 0.6) is 0 Å². The molecule has 0 saturated heterocycles. The smallest absolute Gasteiger partial charge is 0.103 e. The van der Waals surface area contributed by atoms with Gasteiger partial charge in [0.05, 0.1) is 5.69 Å². The summed E-state index contributed by atoms with van der Waals surface area (Å²) < 4.78 is 0. The second kappa shape index (κ2) is 6.03. The van der Waals surface area contributed by atoms with Crippen molar-refractivity contribution in [3.63, 3.8) is 0 Å². The highest BCUT2D eigenvalue weighted by molar-refractivity contribution is 7.98. The van der Waals surface area contributed by atoms with E-state index >= 15 is 0 Å². The van der Waals surface area contributed by atoms with Gasteiger partial charge in [0.15, 0.2) is 0 Å². The number of rotatable bonds is 5. The van der Waals surface area contributed by atoms with E-state index in [0.29, 0.717) is 5.92 Å². The average Bonchev–Trinajstić information content (AvgIpc) is 2.71. The lowest BCUT2D eigenvalue weighted by Gasteiger charge is -2.18. The Labute approximate surface area is 106 Å². The molecular formula is C12H20N2S2. The van der Waals surface area contributed by atoms with Crippen molar-refractivity contribution in [1.29, 1.82) is 0 Å². The van der Waals surface area contributed by atoms with Crippen LogP contribution in [-0.4, -0.2) is 17.3 Å². The van der Waals surface area contributed by atoms with Gasteiger partial charge in [0.1, 0.15) is 5.01 Å². The molecule has 1 aromatic rings. The van der Waals surface area contributed by atoms with Gasteiger partial charge in [-0.2, -0.15) is 11.8 Å². The second-order valence-corrected chi connectivity index (χ2v) is 6.57. The van der Waals surface area contributed by atoms with Gasteiger partial charge in [-0.25, -0.2) is 4.98 Å². The predicted octanol–water partition coefficient (Wildman–Crippen LogP) is 3.16. The van der Waals surface area contributed by atoms with E-state index in [1.165, 1.54) is 47.0 Å². The summed E-state index contributed by atoms with van der Waals surface area (Å²) in [5, 5.41) is 1.31. The highest BCUT2D eigenvalue weighted by atomic mass is 32.2. The van der Waals surface area contributed by atoms with Gasteiger partial charge in [-0.1, -0.05) is 6.92 Å². The summed E-state index contributed by atoms with van der Waals surface area (Å²) in [4.78, 5) is 6.30. The maximum atomic E-state index is 5.81. The Bertz CT molecular complexity index is 336. The second-order valence-electron chi connectivity index (χ2n) is 4.29. The molecule has 0 amide bonds. The van der Waals surface area contributed by atoms with Crippen molar-refractivity contribution in [2.45, 2.75) is 44.3 Å². The Hall–Kier alpha value is -0.0600. The normalized spacial score (nSPS) is 19.8. The van der Waals surface area contributed by atoms with Gasteiger partial charge in [-0.05, 0) is 31.4 Å². The maximum Gasteiger partial charge on any atom is 0.103 e. The zero-order valence-corrected chi connectivity index (χ0v) is 11.5. The molecule has 0 fully saturated rings. The maximum absolute atomic E-state index is 5.81. The summed E-state index contributed by atoms with van der Waals surface area (Å²) in [6.07, 6.45) is 5.00. The third kappa shape index (κ3) is 2.79. The van der Waals surface area contributed by atoms with Crippen LogP contribution >= 0.6 is 23.1 Å². The van der Waals surface area contributed by atoms with Gasteiger partial charge in [0.2, 0.25) is 0 Å². The minimum atomic E-state index is 0.532. The molecule has 1 aliphatic carbocycles. The number of nitrogens with zero attached hydrogens (tertiary/aromatic N) is 1. The minimum Gasteiger partial charge on any atom is -0.330 e. The van der Waals surface area contributed by atoms with Crippen LogP contribution < -0.4 is 5.73 Å². The van der Waals surface area contributed by atoms with E-state index in [9.17, 15) is 0 Å². The lowest BCUT2D eigenvalue weighted by Crippen LogP contribution is -2.17. The quantitative estimate of drug-likeness (QED) is 0.823. The molecule has 1 aliphatic rings. The molecule has 0 spiro atoms. The monoisotopic (exact) mass is 256 g/mol. The summed E-state index contributed by atoms with van der Waals surface area (Å²) >= 11 is 3.91. The molecule has 1 atom stereocenters. The number of nitrogens with two attached hydrogens (primary N) is 1. The molecular weight excluding hydrogens is 236 g/mol. The van der Waals surface area contributed by atoms with E-state index in [1.54, 1.807) is 0 Å². The standard InChI is InChI=1S/C12H20N2S2/c1-2-6-15-8-11-14-12-9(7-13)4-3-5-10(12)16-11/h9H,2-8,13H2,1H3. The molecule has 16 heavy (non-hydrogen) atoms. The summed E-state index contributed by atoms with van der Waals surface area (Å²) in [6, 6.07) is 0. The summed E-state index contributed by atoms with van der Waals surface area (Å²) in [7, 11) is 0. The van der Waals surface area contributed by atoms with Crippen molar-refractivity contribution in [2.24, 2.45) is 5.73 Å². The third-order valence-corrected chi connectivity index (χ3v) is 5.46. The zero-order valence-electron chi connectivity index (χ0n) is 9.87. The Kier molecular flexibility index (Phi) is 4.67. The zero-order chi connectivity index (χ0) is 11.4. The SMILES string of the molecule is CCCSCc1nc2c(s1)CCCC2CN. The summed E-state index contributed by atoms with van der Waals surface area (Å²) in [5.74, 6) is 2.86. The molecule has 1 heterocycles. The molecule has 1 aromatic heterocycles. The number of aromatic nitrogens is 1. The Morgan fingerprint density at radius 2 is 2.44 bits per heavy atom. The first kappa shape index (κ1) is 12.4.